The van der Waals surface area contributed by atoms with Gasteiger partial charge in [-0.2, -0.15) is 0 Å². The average molecular weight is 139 g/mol. The van der Waals surface area contributed by atoms with Gasteiger partial charge in [0.15, 0.2) is 0 Å². The van der Waals surface area contributed by atoms with Crippen molar-refractivity contribution in [2.45, 2.75) is 25.9 Å². The highest BCUT2D eigenvalue weighted by atomic mass is 16.5. The fraction of sp³-hybridized carbons (Fsp3) is 0.750. The second kappa shape index (κ2) is 4.19. The topological polar surface area (TPSA) is 21.3 Å². The van der Waals surface area contributed by atoms with Crippen molar-refractivity contribution >= 4 is 0 Å². The predicted molar refractivity (Wildman–Crippen MR) is 40.4 cm³/mol. The van der Waals surface area contributed by atoms with Crippen molar-refractivity contribution < 1.29 is 4.74 Å². The molecule has 0 aliphatic carbocycles. The van der Waals surface area contributed by atoms with Gasteiger partial charge in [0, 0.05) is 6.92 Å². The molecule has 0 amide bonds. The molecule has 1 saturated heterocycles. The summed E-state index contributed by atoms with van der Waals surface area (Å²) < 4.78 is 5.23. The Hall–Kier alpha value is -0.680. The van der Waals surface area contributed by atoms with Crippen LogP contribution in [0.2, 0.25) is 0 Å². The van der Waals surface area contributed by atoms with Crippen LogP contribution in [0.15, 0.2) is 0 Å². The number of nitrogens with one attached hydrogen (secondary N) is 1. The number of hydrogen-bond donors (Lipinski definition) is 1. The van der Waals surface area contributed by atoms with Crippen molar-refractivity contribution in [3.05, 3.63) is 0 Å². The number of rotatable bonds is 1. The molecular formula is C8H13NO. The molecule has 1 N–H and O–H groups in total. The zero-order chi connectivity index (χ0) is 7.23. The molecule has 10 heavy (non-hydrogen) atoms. The molecule has 1 aliphatic rings. The van der Waals surface area contributed by atoms with E-state index in [1.165, 1.54) is 0 Å². The second-order valence-corrected chi connectivity index (χ2v) is 2.42. The largest absolute Gasteiger partial charge is 0.443 e. The van der Waals surface area contributed by atoms with E-state index in [1.54, 1.807) is 6.92 Å². The molecule has 0 bridgehead atoms. The van der Waals surface area contributed by atoms with E-state index in [2.05, 4.69) is 17.3 Å². The lowest BCUT2D eigenvalue weighted by Crippen LogP contribution is -2.31. The Labute approximate surface area is 62.0 Å². The van der Waals surface area contributed by atoms with E-state index in [0.717, 1.165) is 25.9 Å². The van der Waals surface area contributed by atoms with Gasteiger partial charge in [0.2, 0.25) is 0 Å². The summed E-state index contributed by atoms with van der Waals surface area (Å²) in [6, 6.07) is 0. The van der Waals surface area contributed by atoms with E-state index in [9.17, 15) is 0 Å². The fourth-order valence-corrected chi connectivity index (χ4v) is 1.06. The lowest BCUT2D eigenvalue weighted by molar-refractivity contribution is 0.131. The third kappa shape index (κ3) is 2.28. The molecule has 0 aromatic rings. The third-order valence-electron chi connectivity index (χ3n) is 1.61. The van der Waals surface area contributed by atoms with E-state index in [1.807, 2.05) is 0 Å². The fourth-order valence-electron chi connectivity index (χ4n) is 1.06. The van der Waals surface area contributed by atoms with Gasteiger partial charge in [0.1, 0.15) is 12.2 Å². The Balaban J connectivity index is 2.17. The first kappa shape index (κ1) is 7.43. The van der Waals surface area contributed by atoms with Crippen molar-refractivity contribution in [3.63, 3.8) is 0 Å². The van der Waals surface area contributed by atoms with E-state index >= 15 is 0 Å². The normalized spacial score (nSPS) is 19.3. The first-order valence-corrected chi connectivity index (χ1v) is 3.71. The molecule has 0 aromatic carbocycles. The standard InChI is InChI=1S/C8H13NO/c1-2-7-10-8-3-5-9-6-4-8/h8-9H,3-6H2,1H3. The molecule has 0 aromatic heterocycles. The summed E-state index contributed by atoms with van der Waals surface area (Å²) in [5, 5.41) is 3.26. The molecule has 1 aliphatic heterocycles. The van der Waals surface area contributed by atoms with Crippen LogP contribution in [0, 0.1) is 12.0 Å². The SMILES string of the molecule is CC#COC1CCNCC1. The van der Waals surface area contributed by atoms with Gasteiger partial charge in [-0.05, 0) is 25.9 Å². The zero-order valence-corrected chi connectivity index (χ0v) is 6.31. The van der Waals surface area contributed by atoms with Crippen molar-refractivity contribution in [2.24, 2.45) is 0 Å². The summed E-state index contributed by atoms with van der Waals surface area (Å²) in [6.07, 6.45) is 5.19. The van der Waals surface area contributed by atoms with Crippen LogP contribution in [0.25, 0.3) is 0 Å². The Kier molecular flexibility index (Phi) is 3.11. The molecular weight excluding hydrogens is 126 g/mol. The number of piperidine rings is 1. The maximum Gasteiger partial charge on any atom is 0.113 e. The summed E-state index contributed by atoms with van der Waals surface area (Å²) in [5.41, 5.74) is 0. The van der Waals surface area contributed by atoms with Crippen LogP contribution in [-0.2, 0) is 4.74 Å². The third-order valence-corrected chi connectivity index (χ3v) is 1.61. The molecule has 56 valence electrons. The Morgan fingerprint density at radius 2 is 2.10 bits per heavy atom. The molecule has 0 spiro atoms. The molecule has 2 nitrogen and oxygen atoms in total. The summed E-state index contributed by atoms with van der Waals surface area (Å²) in [6.45, 7) is 3.92. The first-order valence-electron chi connectivity index (χ1n) is 3.71. The van der Waals surface area contributed by atoms with Crippen molar-refractivity contribution in [3.8, 4) is 12.0 Å². The number of hydrogen-bond acceptors (Lipinski definition) is 2. The molecule has 1 rings (SSSR count). The van der Waals surface area contributed by atoms with Crippen LogP contribution in [0.4, 0.5) is 0 Å². The lowest BCUT2D eigenvalue weighted by Gasteiger charge is -2.20. The Morgan fingerprint density at radius 3 is 2.70 bits per heavy atom. The van der Waals surface area contributed by atoms with Crippen molar-refractivity contribution in [1.82, 2.24) is 5.32 Å². The second-order valence-electron chi connectivity index (χ2n) is 2.42. The van der Waals surface area contributed by atoms with Gasteiger partial charge in [-0.3, -0.25) is 0 Å². The lowest BCUT2D eigenvalue weighted by atomic mass is 10.1. The highest BCUT2D eigenvalue weighted by molar-refractivity contribution is 4.87. The summed E-state index contributed by atoms with van der Waals surface area (Å²) in [4.78, 5) is 0. The van der Waals surface area contributed by atoms with Crippen LogP contribution in [0.3, 0.4) is 0 Å². The minimum absolute atomic E-state index is 0.369. The van der Waals surface area contributed by atoms with Gasteiger partial charge in [0.05, 0.1) is 0 Å². The van der Waals surface area contributed by atoms with Gasteiger partial charge in [-0.1, -0.05) is 5.92 Å². The van der Waals surface area contributed by atoms with Crippen LogP contribution < -0.4 is 5.32 Å². The monoisotopic (exact) mass is 139 g/mol. The van der Waals surface area contributed by atoms with E-state index < -0.39 is 0 Å². The minimum atomic E-state index is 0.369. The first-order chi connectivity index (χ1) is 4.93. The Bertz CT molecular complexity index is 139. The maximum atomic E-state index is 5.23. The molecule has 0 radical (unpaired) electrons. The molecule has 0 unspecified atom stereocenters. The van der Waals surface area contributed by atoms with Crippen LogP contribution in [0.5, 0.6) is 0 Å². The van der Waals surface area contributed by atoms with Crippen LogP contribution >= 0.6 is 0 Å². The quantitative estimate of drug-likeness (QED) is 0.541. The smallest absolute Gasteiger partial charge is 0.113 e. The van der Waals surface area contributed by atoms with Gasteiger partial charge in [0.25, 0.3) is 0 Å². The number of ether oxygens (including phenoxy) is 1. The molecule has 1 heterocycles. The van der Waals surface area contributed by atoms with E-state index in [4.69, 9.17) is 4.74 Å². The minimum Gasteiger partial charge on any atom is -0.443 e. The summed E-state index contributed by atoms with van der Waals surface area (Å²) in [7, 11) is 0. The Morgan fingerprint density at radius 1 is 1.40 bits per heavy atom. The van der Waals surface area contributed by atoms with Crippen molar-refractivity contribution in [2.75, 3.05) is 13.1 Å². The van der Waals surface area contributed by atoms with Crippen LogP contribution in [0.1, 0.15) is 19.8 Å². The summed E-state index contributed by atoms with van der Waals surface area (Å²) in [5.74, 6) is 2.72. The highest BCUT2D eigenvalue weighted by Gasteiger charge is 2.11. The molecule has 0 atom stereocenters. The molecule has 2 heteroatoms. The zero-order valence-electron chi connectivity index (χ0n) is 6.31. The maximum absolute atomic E-state index is 5.23. The van der Waals surface area contributed by atoms with Gasteiger partial charge in [-0.25, -0.2) is 0 Å². The molecule has 1 fully saturated rings. The van der Waals surface area contributed by atoms with Gasteiger partial charge < -0.3 is 10.1 Å². The van der Waals surface area contributed by atoms with Gasteiger partial charge in [-0.15, -0.1) is 0 Å². The highest BCUT2D eigenvalue weighted by Crippen LogP contribution is 2.05. The molecule has 0 saturated carbocycles. The predicted octanol–water partition coefficient (Wildman–Crippen LogP) is 0.736. The summed E-state index contributed by atoms with van der Waals surface area (Å²) >= 11 is 0. The van der Waals surface area contributed by atoms with Crippen LogP contribution in [-0.4, -0.2) is 19.2 Å². The van der Waals surface area contributed by atoms with E-state index in [-0.39, 0.29) is 0 Å². The average Bonchev–Trinajstić information content (AvgIpc) is 2.03. The van der Waals surface area contributed by atoms with E-state index in [0.29, 0.717) is 6.10 Å². The van der Waals surface area contributed by atoms with Crippen molar-refractivity contribution in [1.29, 1.82) is 0 Å². The van der Waals surface area contributed by atoms with Gasteiger partial charge >= 0.3 is 0 Å².